The SMILES string of the molecule is CCC1CCCC(C(=O)Cc2ccccc2CN)C1. The Labute approximate surface area is 116 Å². The van der Waals surface area contributed by atoms with Crippen molar-refractivity contribution >= 4 is 5.78 Å². The molecule has 0 aromatic heterocycles. The van der Waals surface area contributed by atoms with Crippen LogP contribution < -0.4 is 5.73 Å². The number of ketones is 1. The van der Waals surface area contributed by atoms with E-state index in [0.29, 0.717) is 18.7 Å². The van der Waals surface area contributed by atoms with Crippen LogP contribution in [-0.4, -0.2) is 5.78 Å². The molecule has 1 aliphatic carbocycles. The van der Waals surface area contributed by atoms with Gasteiger partial charge in [0.05, 0.1) is 0 Å². The van der Waals surface area contributed by atoms with E-state index in [1.807, 2.05) is 24.3 Å². The van der Waals surface area contributed by atoms with E-state index in [9.17, 15) is 4.79 Å². The Morgan fingerprint density at radius 1 is 1.26 bits per heavy atom. The zero-order valence-corrected chi connectivity index (χ0v) is 11.9. The largest absolute Gasteiger partial charge is 0.326 e. The quantitative estimate of drug-likeness (QED) is 0.879. The highest BCUT2D eigenvalue weighted by Gasteiger charge is 2.26. The average molecular weight is 259 g/mol. The molecule has 0 spiro atoms. The van der Waals surface area contributed by atoms with Gasteiger partial charge in [-0.15, -0.1) is 0 Å². The van der Waals surface area contributed by atoms with Crippen molar-refractivity contribution in [2.75, 3.05) is 0 Å². The Hall–Kier alpha value is -1.15. The van der Waals surface area contributed by atoms with Gasteiger partial charge < -0.3 is 5.73 Å². The Morgan fingerprint density at radius 3 is 2.68 bits per heavy atom. The normalized spacial score (nSPS) is 23.3. The van der Waals surface area contributed by atoms with Crippen LogP contribution in [0.15, 0.2) is 24.3 Å². The molecule has 0 radical (unpaired) electrons. The van der Waals surface area contributed by atoms with E-state index in [-0.39, 0.29) is 5.92 Å². The van der Waals surface area contributed by atoms with Gasteiger partial charge in [0.2, 0.25) is 0 Å². The lowest BCUT2D eigenvalue weighted by atomic mass is 9.77. The van der Waals surface area contributed by atoms with E-state index in [2.05, 4.69) is 6.92 Å². The maximum Gasteiger partial charge on any atom is 0.140 e. The molecule has 19 heavy (non-hydrogen) atoms. The number of benzene rings is 1. The molecular formula is C17H25NO. The Kier molecular flexibility index (Phi) is 5.15. The van der Waals surface area contributed by atoms with Gasteiger partial charge in [0.15, 0.2) is 0 Å². The Balaban J connectivity index is 2.00. The van der Waals surface area contributed by atoms with Crippen LogP contribution >= 0.6 is 0 Å². The number of rotatable bonds is 5. The third-order valence-electron chi connectivity index (χ3n) is 4.52. The zero-order chi connectivity index (χ0) is 13.7. The molecule has 0 aliphatic heterocycles. The smallest absolute Gasteiger partial charge is 0.140 e. The molecule has 0 heterocycles. The minimum Gasteiger partial charge on any atom is -0.326 e. The second kappa shape index (κ2) is 6.85. The standard InChI is InChI=1S/C17H25NO/c1-2-13-6-5-9-15(10-13)17(19)11-14-7-3-4-8-16(14)12-18/h3-4,7-8,13,15H,2,5-6,9-12,18H2,1H3. The van der Waals surface area contributed by atoms with Crippen molar-refractivity contribution in [3.05, 3.63) is 35.4 Å². The molecule has 2 nitrogen and oxygen atoms in total. The lowest BCUT2D eigenvalue weighted by Gasteiger charge is -2.27. The first-order valence-electron chi connectivity index (χ1n) is 7.54. The lowest BCUT2D eigenvalue weighted by Crippen LogP contribution is -2.24. The summed E-state index contributed by atoms with van der Waals surface area (Å²) in [5.74, 6) is 1.45. The van der Waals surface area contributed by atoms with Gasteiger partial charge in [-0.25, -0.2) is 0 Å². The van der Waals surface area contributed by atoms with E-state index in [0.717, 1.165) is 29.9 Å². The van der Waals surface area contributed by atoms with E-state index < -0.39 is 0 Å². The van der Waals surface area contributed by atoms with Gasteiger partial charge in [0.1, 0.15) is 5.78 Å². The fraction of sp³-hybridized carbons (Fsp3) is 0.588. The van der Waals surface area contributed by atoms with Crippen LogP contribution in [0.2, 0.25) is 0 Å². The second-order valence-corrected chi connectivity index (χ2v) is 5.75. The number of Topliss-reactive ketones (excluding diaryl/α,β-unsaturated/α-hetero) is 1. The van der Waals surface area contributed by atoms with Gasteiger partial charge in [-0.3, -0.25) is 4.79 Å². The number of hydrogen-bond donors (Lipinski definition) is 1. The maximum absolute atomic E-state index is 12.5. The predicted molar refractivity (Wildman–Crippen MR) is 78.8 cm³/mol. The summed E-state index contributed by atoms with van der Waals surface area (Å²) < 4.78 is 0. The van der Waals surface area contributed by atoms with E-state index >= 15 is 0 Å². The zero-order valence-electron chi connectivity index (χ0n) is 11.9. The third-order valence-corrected chi connectivity index (χ3v) is 4.52. The highest BCUT2D eigenvalue weighted by atomic mass is 16.1. The summed E-state index contributed by atoms with van der Waals surface area (Å²) >= 11 is 0. The summed E-state index contributed by atoms with van der Waals surface area (Å²) in [6.45, 7) is 2.76. The monoisotopic (exact) mass is 259 g/mol. The van der Waals surface area contributed by atoms with Crippen molar-refractivity contribution in [3.63, 3.8) is 0 Å². The summed E-state index contributed by atoms with van der Waals surface area (Å²) in [6, 6.07) is 8.06. The highest BCUT2D eigenvalue weighted by Crippen LogP contribution is 2.32. The Morgan fingerprint density at radius 2 is 2.00 bits per heavy atom. The molecule has 104 valence electrons. The number of carbonyl (C=O) groups excluding carboxylic acids is 1. The maximum atomic E-state index is 12.5. The molecule has 2 heteroatoms. The molecular weight excluding hydrogens is 234 g/mol. The Bertz CT molecular complexity index is 427. The fourth-order valence-corrected chi connectivity index (χ4v) is 3.22. The van der Waals surface area contributed by atoms with Gasteiger partial charge in [-0.05, 0) is 29.9 Å². The summed E-state index contributed by atoms with van der Waals surface area (Å²) in [6.07, 6.45) is 6.48. The van der Waals surface area contributed by atoms with Crippen LogP contribution in [0.4, 0.5) is 0 Å². The van der Waals surface area contributed by atoms with Crippen molar-refractivity contribution in [3.8, 4) is 0 Å². The minimum atomic E-state index is 0.282. The van der Waals surface area contributed by atoms with Gasteiger partial charge in [-0.2, -0.15) is 0 Å². The van der Waals surface area contributed by atoms with Gasteiger partial charge in [0, 0.05) is 18.9 Å². The second-order valence-electron chi connectivity index (χ2n) is 5.75. The first-order valence-corrected chi connectivity index (χ1v) is 7.54. The number of hydrogen-bond acceptors (Lipinski definition) is 2. The first-order chi connectivity index (χ1) is 9.24. The van der Waals surface area contributed by atoms with Crippen LogP contribution in [0.3, 0.4) is 0 Å². The molecule has 1 fully saturated rings. The van der Waals surface area contributed by atoms with E-state index in [1.54, 1.807) is 0 Å². The summed E-state index contributed by atoms with van der Waals surface area (Å²) in [4.78, 5) is 12.5. The topological polar surface area (TPSA) is 43.1 Å². The van der Waals surface area contributed by atoms with E-state index in [1.165, 1.54) is 19.3 Å². The summed E-state index contributed by atoms with van der Waals surface area (Å²) in [5, 5.41) is 0. The van der Waals surface area contributed by atoms with Crippen LogP contribution in [0.5, 0.6) is 0 Å². The molecule has 0 saturated heterocycles. The average Bonchev–Trinajstić information content (AvgIpc) is 2.47. The van der Waals surface area contributed by atoms with Crippen LogP contribution in [-0.2, 0) is 17.8 Å². The predicted octanol–water partition coefficient (Wildman–Crippen LogP) is 3.47. The molecule has 1 saturated carbocycles. The first kappa shape index (κ1) is 14.3. The van der Waals surface area contributed by atoms with Crippen molar-refractivity contribution in [1.82, 2.24) is 0 Å². The van der Waals surface area contributed by atoms with Crippen LogP contribution in [0, 0.1) is 11.8 Å². The highest BCUT2D eigenvalue weighted by molar-refractivity contribution is 5.83. The van der Waals surface area contributed by atoms with Crippen LogP contribution in [0.25, 0.3) is 0 Å². The summed E-state index contributed by atoms with van der Waals surface area (Å²) in [7, 11) is 0. The molecule has 2 N–H and O–H groups in total. The molecule has 1 aromatic carbocycles. The van der Waals surface area contributed by atoms with Crippen molar-refractivity contribution in [2.24, 2.45) is 17.6 Å². The van der Waals surface area contributed by atoms with Crippen molar-refractivity contribution in [2.45, 2.75) is 52.0 Å². The molecule has 0 amide bonds. The van der Waals surface area contributed by atoms with Gasteiger partial charge >= 0.3 is 0 Å². The molecule has 0 bridgehead atoms. The lowest BCUT2D eigenvalue weighted by molar-refractivity contribution is -0.123. The number of nitrogens with two attached hydrogens (primary N) is 1. The van der Waals surface area contributed by atoms with E-state index in [4.69, 9.17) is 5.73 Å². The van der Waals surface area contributed by atoms with Gasteiger partial charge in [0.25, 0.3) is 0 Å². The minimum absolute atomic E-state index is 0.282. The molecule has 2 unspecified atom stereocenters. The third kappa shape index (κ3) is 3.66. The molecule has 1 aromatic rings. The molecule has 1 aliphatic rings. The van der Waals surface area contributed by atoms with Crippen molar-refractivity contribution in [1.29, 1.82) is 0 Å². The van der Waals surface area contributed by atoms with Crippen LogP contribution in [0.1, 0.15) is 50.2 Å². The fourth-order valence-electron chi connectivity index (χ4n) is 3.22. The van der Waals surface area contributed by atoms with Crippen molar-refractivity contribution < 1.29 is 4.79 Å². The molecule has 2 atom stereocenters. The van der Waals surface area contributed by atoms with Gasteiger partial charge in [-0.1, -0.05) is 50.5 Å². The number of carbonyl (C=O) groups is 1. The summed E-state index contributed by atoms with van der Waals surface area (Å²) in [5.41, 5.74) is 7.97. The molecule has 2 rings (SSSR count).